The lowest BCUT2D eigenvalue weighted by Gasteiger charge is -2.03. The first-order chi connectivity index (χ1) is 13.0. The fourth-order valence-electron chi connectivity index (χ4n) is 2.28. The van der Waals surface area contributed by atoms with Gasteiger partial charge in [0.1, 0.15) is 5.69 Å². The minimum Gasteiger partial charge on any atom is -0.464 e. The quantitative estimate of drug-likeness (QED) is 0.550. The van der Waals surface area contributed by atoms with Gasteiger partial charge in [0, 0.05) is 27.9 Å². The maximum absolute atomic E-state index is 12.1. The van der Waals surface area contributed by atoms with Crippen molar-refractivity contribution in [2.45, 2.75) is 5.75 Å². The number of methoxy groups -OCH3 is 1. The number of halogens is 1. The van der Waals surface area contributed by atoms with E-state index in [1.54, 1.807) is 12.3 Å². The molecule has 2 N–H and O–H groups in total. The second-order valence-corrected chi connectivity index (χ2v) is 7.78. The van der Waals surface area contributed by atoms with Crippen LogP contribution >= 0.6 is 34.7 Å². The summed E-state index contributed by atoms with van der Waals surface area (Å²) in [4.78, 5) is 30.8. The van der Waals surface area contributed by atoms with Crippen LogP contribution in [-0.4, -0.2) is 34.7 Å². The molecule has 0 aliphatic rings. The Balaban J connectivity index is 1.52. The summed E-state index contributed by atoms with van der Waals surface area (Å²) >= 11 is 8.78. The van der Waals surface area contributed by atoms with E-state index in [0.717, 1.165) is 11.1 Å². The number of benzene rings is 1. The van der Waals surface area contributed by atoms with E-state index in [1.807, 2.05) is 29.6 Å². The van der Waals surface area contributed by atoms with Gasteiger partial charge in [-0.2, -0.15) is 0 Å². The Morgan fingerprint density at radius 2 is 2.22 bits per heavy atom. The fourth-order valence-corrected chi connectivity index (χ4v) is 4.00. The van der Waals surface area contributed by atoms with Crippen molar-refractivity contribution in [2.24, 2.45) is 0 Å². The molecule has 27 heavy (non-hydrogen) atoms. The predicted octanol–water partition coefficient (Wildman–Crippen LogP) is 4.45. The van der Waals surface area contributed by atoms with E-state index in [1.165, 1.54) is 30.2 Å². The molecule has 2 aromatic heterocycles. The molecule has 0 spiro atoms. The van der Waals surface area contributed by atoms with Crippen molar-refractivity contribution >= 4 is 51.7 Å². The number of hydrogen-bond donors (Lipinski definition) is 2. The van der Waals surface area contributed by atoms with Crippen molar-refractivity contribution in [1.82, 2.24) is 9.97 Å². The lowest BCUT2D eigenvalue weighted by Crippen LogP contribution is -2.13. The number of thiazole rings is 1. The van der Waals surface area contributed by atoms with Crippen LogP contribution in [-0.2, 0) is 15.3 Å². The molecule has 9 heteroatoms. The number of thioether (sulfide) groups is 1. The average molecular weight is 422 g/mol. The molecule has 140 valence electrons. The van der Waals surface area contributed by atoms with Crippen molar-refractivity contribution in [1.29, 1.82) is 0 Å². The lowest BCUT2D eigenvalue weighted by atomic mass is 10.2. The van der Waals surface area contributed by atoms with Gasteiger partial charge in [-0.1, -0.05) is 23.7 Å². The van der Waals surface area contributed by atoms with Gasteiger partial charge in [-0.15, -0.1) is 23.1 Å². The number of H-pyrrole nitrogens is 1. The summed E-state index contributed by atoms with van der Waals surface area (Å²) in [5.74, 6) is 0.462. The number of hydrogen-bond acceptors (Lipinski definition) is 6. The van der Waals surface area contributed by atoms with Crippen molar-refractivity contribution in [3.8, 4) is 11.3 Å². The summed E-state index contributed by atoms with van der Waals surface area (Å²) in [6.07, 6.45) is 1.67. The summed E-state index contributed by atoms with van der Waals surface area (Å²) in [7, 11) is 1.32. The third-order valence-corrected chi connectivity index (χ3v) is 5.52. The molecule has 1 aromatic carbocycles. The number of anilines is 1. The van der Waals surface area contributed by atoms with Crippen LogP contribution in [0.2, 0.25) is 5.02 Å². The molecule has 0 aliphatic carbocycles. The molecule has 0 unspecified atom stereocenters. The minimum absolute atomic E-state index is 0.118. The number of aromatic amines is 1. The Morgan fingerprint density at radius 3 is 3.00 bits per heavy atom. The number of amides is 1. The number of esters is 1. The van der Waals surface area contributed by atoms with E-state index in [4.69, 9.17) is 11.6 Å². The number of carbonyl (C=O) groups excluding carboxylic acids is 2. The Bertz CT molecular complexity index is 955. The van der Waals surface area contributed by atoms with E-state index in [9.17, 15) is 9.59 Å². The van der Waals surface area contributed by atoms with Crippen LogP contribution in [0.1, 0.15) is 16.1 Å². The number of carbonyl (C=O) groups is 2. The number of nitrogens with one attached hydrogen (secondary N) is 2. The molecule has 0 atom stereocenters. The Morgan fingerprint density at radius 1 is 1.37 bits per heavy atom. The first-order valence-electron chi connectivity index (χ1n) is 7.90. The standard InChI is InChI=1S/C18H16ClN3O3S2/c1-25-17(24)14-6-12(7-20-14)15-9-27-18(21-15)22-16(23)10-26-8-11-3-2-4-13(19)5-11/h2-7,9,20H,8,10H2,1H3,(H,21,22,23). The molecular formula is C18H16ClN3O3S2. The molecule has 0 saturated heterocycles. The van der Waals surface area contributed by atoms with Crippen LogP contribution < -0.4 is 5.32 Å². The lowest BCUT2D eigenvalue weighted by molar-refractivity contribution is -0.113. The Kier molecular flexibility index (Phi) is 6.54. The highest BCUT2D eigenvalue weighted by Gasteiger charge is 2.13. The maximum atomic E-state index is 12.1. The molecule has 0 radical (unpaired) electrons. The van der Waals surface area contributed by atoms with Gasteiger partial charge in [0.25, 0.3) is 0 Å². The van der Waals surface area contributed by atoms with Crippen molar-refractivity contribution in [3.05, 3.63) is 58.2 Å². The Hall–Kier alpha value is -2.29. The predicted molar refractivity (Wildman–Crippen MR) is 109 cm³/mol. The summed E-state index contributed by atoms with van der Waals surface area (Å²) in [6, 6.07) is 9.23. The number of ether oxygens (including phenoxy) is 1. The zero-order valence-electron chi connectivity index (χ0n) is 14.3. The Labute approximate surface area is 169 Å². The molecule has 0 saturated carbocycles. The number of nitrogens with zero attached hydrogens (tertiary/aromatic N) is 1. The fraction of sp³-hybridized carbons (Fsp3) is 0.167. The van der Waals surface area contributed by atoms with E-state index in [0.29, 0.717) is 33.0 Å². The van der Waals surface area contributed by atoms with Crippen LogP contribution in [0.4, 0.5) is 5.13 Å². The molecule has 3 aromatic rings. The molecule has 1 amide bonds. The molecule has 0 aliphatic heterocycles. The van der Waals surface area contributed by atoms with Gasteiger partial charge < -0.3 is 15.0 Å². The van der Waals surface area contributed by atoms with Crippen LogP contribution in [0.5, 0.6) is 0 Å². The van der Waals surface area contributed by atoms with E-state index >= 15 is 0 Å². The third-order valence-electron chi connectivity index (χ3n) is 3.53. The molecule has 0 bridgehead atoms. The first-order valence-corrected chi connectivity index (χ1v) is 10.3. The zero-order valence-corrected chi connectivity index (χ0v) is 16.7. The van der Waals surface area contributed by atoms with Crippen molar-refractivity contribution in [3.63, 3.8) is 0 Å². The molecule has 0 fully saturated rings. The average Bonchev–Trinajstić information content (AvgIpc) is 3.30. The van der Waals surface area contributed by atoms with Crippen LogP contribution in [0, 0.1) is 0 Å². The molecular weight excluding hydrogens is 406 g/mol. The van der Waals surface area contributed by atoms with Gasteiger partial charge in [-0.05, 0) is 23.8 Å². The topological polar surface area (TPSA) is 84.1 Å². The second kappa shape index (κ2) is 9.07. The molecule has 2 heterocycles. The summed E-state index contributed by atoms with van der Waals surface area (Å²) < 4.78 is 4.66. The highest BCUT2D eigenvalue weighted by Crippen LogP contribution is 2.26. The smallest absolute Gasteiger partial charge is 0.354 e. The summed E-state index contributed by atoms with van der Waals surface area (Å²) in [5, 5.41) is 5.81. The highest BCUT2D eigenvalue weighted by atomic mass is 35.5. The summed E-state index contributed by atoms with van der Waals surface area (Å²) in [5.41, 5.74) is 2.85. The van der Waals surface area contributed by atoms with Gasteiger partial charge in [0.15, 0.2) is 5.13 Å². The first kappa shape index (κ1) is 19.5. The largest absolute Gasteiger partial charge is 0.464 e. The van der Waals surface area contributed by atoms with Gasteiger partial charge in [0.05, 0.1) is 18.6 Å². The van der Waals surface area contributed by atoms with Crippen molar-refractivity contribution < 1.29 is 14.3 Å². The monoisotopic (exact) mass is 421 g/mol. The maximum Gasteiger partial charge on any atom is 0.354 e. The molecule has 3 rings (SSSR count). The third kappa shape index (κ3) is 5.35. The number of aromatic nitrogens is 2. The van der Waals surface area contributed by atoms with Crippen LogP contribution in [0.3, 0.4) is 0 Å². The van der Waals surface area contributed by atoms with Gasteiger partial charge >= 0.3 is 5.97 Å². The van der Waals surface area contributed by atoms with Gasteiger partial charge in [-0.3, -0.25) is 4.79 Å². The van der Waals surface area contributed by atoms with E-state index in [2.05, 4.69) is 20.0 Å². The zero-order chi connectivity index (χ0) is 19.2. The van der Waals surface area contributed by atoms with Crippen LogP contribution in [0.15, 0.2) is 41.9 Å². The van der Waals surface area contributed by atoms with Gasteiger partial charge in [-0.25, -0.2) is 9.78 Å². The van der Waals surface area contributed by atoms with E-state index < -0.39 is 5.97 Å². The van der Waals surface area contributed by atoms with E-state index in [-0.39, 0.29) is 5.91 Å². The SMILES string of the molecule is COC(=O)c1cc(-c2csc(NC(=O)CSCc3cccc(Cl)c3)n2)c[nH]1. The number of rotatable bonds is 7. The normalized spacial score (nSPS) is 10.6. The molecule has 6 nitrogen and oxygen atoms in total. The second-order valence-electron chi connectivity index (χ2n) is 5.50. The summed E-state index contributed by atoms with van der Waals surface area (Å²) in [6.45, 7) is 0. The minimum atomic E-state index is -0.443. The highest BCUT2D eigenvalue weighted by molar-refractivity contribution is 7.99. The van der Waals surface area contributed by atoms with Gasteiger partial charge in [0.2, 0.25) is 5.91 Å². The van der Waals surface area contributed by atoms with Crippen molar-refractivity contribution in [2.75, 3.05) is 18.2 Å². The van der Waals surface area contributed by atoms with Crippen LogP contribution in [0.25, 0.3) is 11.3 Å².